The summed E-state index contributed by atoms with van der Waals surface area (Å²) >= 11 is 0. The predicted octanol–water partition coefficient (Wildman–Crippen LogP) is 2.81. The normalized spacial score (nSPS) is 23.4. The first-order chi connectivity index (χ1) is 11.4. The lowest BCUT2D eigenvalue weighted by molar-refractivity contribution is 0.0769. The van der Waals surface area contributed by atoms with Gasteiger partial charge in [-0.15, -0.1) is 0 Å². The second-order valence-electron chi connectivity index (χ2n) is 6.78. The molecule has 2 aliphatic heterocycles. The number of imidazole rings is 1. The first-order valence-electron chi connectivity index (χ1n) is 9.03. The van der Waals surface area contributed by atoms with Crippen LogP contribution < -0.4 is 0 Å². The molecule has 124 valence electrons. The quantitative estimate of drug-likeness (QED) is 0.870. The van der Waals surface area contributed by atoms with E-state index < -0.39 is 0 Å². The Kier molecular flexibility index (Phi) is 4.57. The standard InChI is InChI=1S/C18H26N4O/c1-2-9-21(10-3-1)11-12-22-17(15-6-5-13-23-14-15)20-16-7-4-8-19-18(16)22/h4,7-8,15H,1-3,5-6,9-14H2. The third-order valence-electron chi connectivity index (χ3n) is 5.15. The van der Waals surface area contributed by atoms with Crippen molar-refractivity contribution in [2.45, 2.75) is 44.6 Å². The zero-order valence-corrected chi connectivity index (χ0v) is 13.8. The van der Waals surface area contributed by atoms with Gasteiger partial charge < -0.3 is 14.2 Å². The molecule has 2 aliphatic rings. The summed E-state index contributed by atoms with van der Waals surface area (Å²) in [7, 11) is 0. The van der Waals surface area contributed by atoms with Crippen LogP contribution in [0.2, 0.25) is 0 Å². The molecule has 2 saturated heterocycles. The predicted molar refractivity (Wildman–Crippen MR) is 90.6 cm³/mol. The van der Waals surface area contributed by atoms with E-state index in [1.54, 1.807) is 0 Å². The van der Waals surface area contributed by atoms with Gasteiger partial charge in [-0.2, -0.15) is 0 Å². The highest BCUT2D eigenvalue weighted by Crippen LogP contribution is 2.27. The van der Waals surface area contributed by atoms with Crippen LogP contribution in [0, 0.1) is 0 Å². The highest BCUT2D eigenvalue weighted by molar-refractivity contribution is 5.71. The molecular formula is C18H26N4O. The summed E-state index contributed by atoms with van der Waals surface area (Å²) in [6.07, 6.45) is 8.25. The first-order valence-corrected chi connectivity index (χ1v) is 9.03. The molecule has 1 atom stereocenters. The molecule has 2 aromatic heterocycles. The Bertz CT molecular complexity index is 642. The van der Waals surface area contributed by atoms with Gasteiger partial charge >= 0.3 is 0 Å². The summed E-state index contributed by atoms with van der Waals surface area (Å²) in [5.74, 6) is 1.59. The topological polar surface area (TPSA) is 43.2 Å². The van der Waals surface area contributed by atoms with E-state index in [0.717, 1.165) is 43.9 Å². The van der Waals surface area contributed by atoms with Crippen molar-refractivity contribution in [3.63, 3.8) is 0 Å². The van der Waals surface area contributed by atoms with Crippen molar-refractivity contribution >= 4 is 11.2 Å². The van der Waals surface area contributed by atoms with E-state index >= 15 is 0 Å². The average Bonchev–Trinajstić information content (AvgIpc) is 3.00. The first kappa shape index (κ1) is 15.1. The number of rotatable bonds is 4. The molecule has 0 bridgehead atoms. The summed E-state index contributed by atoms with van der Waals surface area (Å²) in [4.78, 5) is 12.1. The molecule has 5 heteroatoms. The van der Waals surface area contributed by atoms with Crippen molar-refractivity contribution < 1.29 is 4.74 Å². The van der Waals surface area contributed by atoms with E-state index in [0.29, 0.717) is 5.92 Å². The molecule has 0 radical (unpaired) electrons. The highest BCUT2D eigenvalue weighted by atomic mass is 16.5. The van der Waals surface area contributed by atoms with Gasteiger partial charge in [0.15, 0.2) is 5.65 Å². The number of nitrogens with zero attached hydrogens (tertiary/aromatic N) is 4. The van der Waals surface area contributed by atoms with Crippen LogP contribution in [0.25, 0.3) is 11.2 Å². The van der Waals surface area contributed by atoms with Crippen LogP contribution in [-0.2, 0) is 11.3 Å². The van der Waals surface area contributed by atoms with Crippen molar-refractivity contribution in [2.24, 2.45) is 0 Å². The molecule has 2 aromatic rings. The van der Waals surface area contributed by atoms with E-state index in [-0.39, 0.29) is 0 Å². The summed E-state index contributed by atoms with van der Waals surface area (Å²) in [6, 6.07) is 4.05. The number of hydrogen-bond donors (Lipinski definition) is 0. The molecule has 0 N–H and O–H groups in total. The van der Waals surface area contributed by atoms with E-state index in [1.165, 1.54) is 44.6 Å². The fourth-order valence-corrected chi connectivity index (χ4v) is 3.88. The van der Waals surface area contributed by atoms with Crippen LogP contribution in [0.4, 0.5) is 0 Å². The van der Waals surface area contributed by atoms with Gasteiger partial charge in [-0.05, 0) is 50.9 Å². The van der Waals surface area contributed by atoms with E-state index in [2.05, 4.69) is 20.5 Å². The van der Waals surface area contributed by atoms with Gasteiger partial charge in [0.1, 0.15) is 11.3 Å². The third-order valence-corrected chi connectivity index (χ3v) is 5.15. The smallest absolute Gasteiger partial charge is 0.160 e. The van der Waals surface area contributed by atoms with Gasteiger partial charge in [-0.25, -0.2) is 9.97 Å². The molecule has 4 rings (SSSR count). The van der Waals surface area contributed by atoms with Crippen molar-refractivity contribution in [1.82, 2.24) is 19.4 Å². The number of hydrogen-bond acceptors (Lipinski definition) is 4. The summed E-state index contributed by atoms with van der Waals surface area (Å²) in [5.41, 5.74) is 2.05. The minimum atomic E-state index is 0.416. The second-order valence-corrected chi connectivity index (χ2v) is 6.78. The highest BCUT2D eigenvalue weighted by Gasteiger charge is 2.23. The maximum atomic E-state index is 5.70. The molecule has 1 unspecified atom stereocenters. The average molecular weight is 314 g/mol. The van der Waals surface area contributed by atoms with Gasteiger partial charge in [0.05, 0.1) is 6.61 Å². The van der Waals surface area contributed by atoms with Crippen molar-refractivity contribution in [2.75, 3.05) is 32.8 Å². The monoisotopic (exact) mass is 314 g/mol. The molecule has 0 aromatic carbocycles. The molecule has 0 spiro atoms. The van der Waals surface area contributed by atoms with Crippen LogP contribution in [0.1, 0.15) is 43.8 Å². The van der Waals surface area contributed by atoms with E-state index in [1.807, 2.05) is 12.3 Å². The second kappa shape index (κ2) is 6.97. The van der Waals surface area contributed by atoms with Gasteiger partial charge in [-0.1, -0.05) is 6.42 Å². The van der Waals surface area contributed by atoms with Gasteiger partial charge in [0.25, 0.3) is 0 Å². The zero-order valence-electron chi connectivity index (χ0n) is 13.8. The van der Waals surface area contributed by atoms with Crippen molar-refractivity contribution in [3.8, 4) is 0 Å². The fraction of sp³-hybridized carbons (Fsp3) is 0.667. The van der Waals surface area contributed by atoms with Crippen molar-refractivity contribution in [1.29, 1.82) is 0 Å². The maximum Gasteiger partial charge on any atom is 0.160 e. The number of pyridine rings is 1. The molecule has 23 heavy (non-hydrogen) atoms. The Morgan fingerprint density at radius 2 is 2.04 bits per heavy atom. The van der Waals surface area contributed by atoms with Crippen LogP contribution in [0.15, 0.2) is 18.3 Å². The van der Waals surface area contributed by atoms with Crippen LogP contribution in [0.5, 0.6) is 0 Å². The molecule has 0 saturated carbocycles. The lowest BCUT2D eigenvalue weighted by Crippen LogP contribution is -2.33. The van der Waals surface area contributed by atoms with Gasteiger partial charge in [-0.3, -0.25) is 0 Å². The maximum absolute atomic E-state index is 5.70. The summed E-state index contributed by atoms with van der Waals surface area (Å²) < 4.78 is 8.05. The van der Waals surface area contributed by atoms with E-state index in [9.17, 15) is 0 Å². The van der Waals surface area contributed by atoms with Gasteiger partial charge in [0, 0.05) is 31.8 Å². The molecular weight excluding hydrogens is 288 g/mol. The third kappa shape index (κ3) is 3.26. The summed E-state index contributed by atoms with van der Waals surface area (Å²) in [6.45, 7) is 6.25. The molecule has 2 fully saturated rings. The Labute approximate surface area is 137 Å². The number of likely N-dealkylation sites (tertiary alicyclic amines) is 1. The van der Waals surface area contributed by atoms with Gasteiger partial charge in [0.2, 0.25) is 0 Å². The summed E-state index contributed by atoms with van der Waals surface area (Å²) in [5, 5.41) is 0. The number of ether oxygens (including phenoxy) is 1. The zero-order chi connectivity index (χ0) is 15.5. The molecule has 5 nitrogen and oxygen atoms in total. The Balaban J connectivity index is 1.59. The molecule has 0 amide bonds. The van der Waals surface area contributed by atoms with Crippen LogP contribution in [-0.4, -0.2) is 52.3 Å². The molecule has 0 aliphatic carbocycles. The molecule has 4 heterocycles. The SMILES string of the molecule is c1cnc2c(c1)nc(C1CCCOC1)n2CCN1CCCCC1. The number of piperidine rings is 1. The van der Waals surface area contributed by atoms with Crippen molar-refractivity contribution in [3.05, 3.63) is 24.2 Å². The Morgan fingerprint density at radius 3 is 2.87 bits per heavy atom. The number of fused-ring (bicyclic) bond motifs is 1. The minimum absolute atomic E-state index is 0.416. The van der Waals surface area contributed by atoms with Crippen LogP contribution in [0.3, 0.4) is 0 Å². The Hall–Kier alpha value is -1.46. The van der Waals surface area contributed by atoms with E-state index in [4.69, 9.17) is 9.72 Å². The van der Waals surface area contributed by atoms with Crippen LogP contribution >= 0.6 is 0 Å². The lowest BCUT2D eigenvalue weighted by atomic mass is 10.0. The minimum Gasteiger partial charge on any atom is -0.381 e. The fourth-order valence-electron chi connectivity index (χ4n) is 3.88. The number of aromatic nitrogens is 3. The Morgan fingerprint density at radius 1 is 1.13 bits per heavy atom. The lowest BCUT2D eigenvalue weighted by Gasteiger charge is -2.27. The largest absolute Gasteiger partial charge is 0.381 e.